The first-order valence-electron chi connectivity index (χ1n) is 5.80. The minimum atomic E-state index is -3.35. The lowest BCUT2D eigenvalue weighted by molar-refractivity contribution is 0.545. The van der Waals surface area contributed by atoms with Gasteiger partial charge in [0.1, 0.15) is 4.21 Å². The highest BCUT2D eigenvalue weighted by Crippen LogP contribution is 2.22. The SMILES string of the molecule is CCCC(C)NS(=O)(=O)c1ccc(CCN)s1. The van der Waals surface area contributed by atoms with Crippen LogP contribution in [-0.2, 0) is 16.4 Å². The molecule has 6 heteroatoms. The van der Waals surface area contributed by atoms with Crippen molar-refractivity contribution >= 4 is 21.4 Å². The van der Waals surface area contributed by atoms with Crippen LogP contribution in [0.4, 0.5) is 0 Å². The second kappa shape index (κ2) is 6.49. The van der Waals surface area contributed by atoms with Crippen LogP contribution >= 0.6 is 11.3 Å². The Kier molecular flexibility index (Phi) is 5.58. The molecule has 0 aliphatic carbocycles. The van der Waals surface area contributed by atoms with E-state index in [1.54, 1.807) is 6.07 Å². The molecule has 17 heavy (non-hydrogen) atoms. The average molecular weight is 276 g/mol. The van der Waals surface area contributed by atoms with Gasteiger partial charge >= 0.3 is 0 Å². The zero-order valence-corrected chi connectivity index (χ0v) is 11.9. The first-order valence-corrected chi connectivity index (χ1v) is 8.10. The van der Waals surface area contributed by atoms with Crippen molar-refractivity contribution in [3.63, 3.8) is 0 Å². The van der Waals surface area contributed by atoms with Crippen LogP contribution in [0.1, 0.15) is 31.6 Å². The van der Waals surface area contributed by atoms with Gasteiger partial charge < -0.3 is 5.73 Å². The fourth-order valence-corrected chi connectivity index (χ4v) is 4.26. The van der Waals surface area contributed by atoms with E-state index < -0.39 is 10.0 Å². The molecule has 1 unspecified atom stereocenters. The summed E-state index contributed by atoms with van der Waals surface area (Å²) in [4.78, 5) is 1.01. The first-order chi connectivity index (χ1) is 7.99. The highest BCUT2D eigenvalue weighted by molar-refractivity contribution is 7.91. The smallest absolute Gasteiger partial charge is 0.250 e. The molecule has 3 N–H and O–H groups in total. The van der Waals surface area contributed by atoms with Gasteiger partial charge in [-0.2, -0.15) is 0 Å². The van der Waals surface area contributed by atoms with Crippen LogP contribution in [0, 0.1) is 0 Å². The number of hydrogen-bond donors (Lipinski definition) is 2. The Bertz CT molecular complexity index is 440. The van der Waals surface area contributed by atoms with Crippen molar-refractivity contribution in [1.29, 1.82) is 0 Å². The van der Waals surface area contributed by atoms with Gasteiger partial charge in [-0.25, -0.2) is 13.1 Å². The van der Waals surface area contributed by atoms with Crippen molar-refractivity contribution in [2.75, 3.05) is 6.54 Å². The molecule has 1 aromatic rings. The van der Waals surface area contributed by atoms with Crippen molar-refractivity contribution in [1.82, 2.24) is 4.72 Å². The quantitative estimate of drug-likeness (QED) is 0.796. The van der Waals surface area contributed by atoms with Crippen molar-refractivity contribution < 1.29 is 8.42 Å². The number of thiophene rings is 1. The number of sulfonamides is 1. The van der Waals surface area contributed by atoms with Crippen LogP contribution in [0.15, 0.2) is 16.3 Å². The number of nitrogens with one attached hydrogen (secondary N) is 1. The molecule has 1 atom stereocenters. The van der Waals surface area contributed by atoms with E-state index >= 15 is 0 Å². The average Bonchev–Trinajstić information content (AvgIpc) is 2.67. The number of hydrogen-bond acceptors (Lipinski definition) is 4. The molecule has 98 valence electrons. The lowest BCUT2D eigenvalue weighted by atomic mass is 10.2. The van der Waals surface area contributed by atoms with Gasteiger partial charge in [0.25, 0.3) is 0 Å². The van der Waals surface area contributed by atoms with Crippen LogP contribution in [0.25, 0.3) is 0 Å². The minimum Gasteiger partial charge on any atom is -0.330 e. The Morgan fingerprint density at radius 1 is 1.47 bits per heavy atom. The van der Waals surface area contributed by atoms with Crippen LogP contribution in [0.2, 0.25) is 0 Å². The molecule has 0 aliphatic heterocycles. The third-order valence-corrected chi connectivity index (χ3v) is 5.60. The predicted molar refractivity (Wildman–Crippen MR) is 71.8 cm³/mol. The Balaban J connectivity index is 2.75. The first kappa shape index (κ1) is 14.6. The van der Waals surface area contributed by atoms with Crippen LogP contribution in [0.5, 0.6) is 0 Å². The maximum atomic E-state index is 12.0. The van der Waals surface area contributed by atoms with E-state index in [1.165, 1.54) is 11.3 Å². The summed E-state index contributed by atoms with van der Waals surface area (Å²) in [7, 11) is -3.35. The summed E-state index contributed by atoms with van der Waals surface area (Å²) in [6, 6.07) is 3.46. The van der Waals surface area contributed by atoms with E-state index in [-0.39, 0.29) is 6.04 Å². The molecule has 0 radical (unpaired) electrons. The van der Waals surface area contributed by atoms with Crippen LogP contribution in [0.3, 0.4) is 0 Å². The lowest BCUT2D eigenvalue weighted by Gasteiger charge is -2.11. The summed E-state index contributed by atoms with van der Waals surface area (Å²) >= 11 is 1.29. The van der Waals surface area contributed by atoms with E-state index in [2.05, 4.69) is 4.72 Å². The molecule has 0 bridgehead atoms. The Morgan fingerprint density at radius 3 is 2.76 bits per heavy atom. The zero-order valence-electron chi connectivity index (χ0n) is 10.3. The van der Waals surface area contributed by atoms with Crippen molar-refractivity contribution in [3.8, 4) is 0 Å². The monoisotopic (exact) mass is 276 g/mol. The molecule has 0 fully saturated rings. The topological polar surface area (TPSA) is 72.2 Å². The molecule has 0 amide bonds. The molecule has 0 aliphatic rings. The minimum absolute atomic E-state index is 0.0231. The normalized spacial score (nSPS) is 13.8. The van der Waals surface area contributed by atoms with Gasteiger partial charge in [0.05, 0.1) is 0 Å². The summed E-state index contributed by atoms with van der Waals surface area (Å²) in [5, 5.41) is 0. The van der Waals surface area contributed by atoms with Crippen LogP contribution in [-0.4, -0.2) is 21.0 Å². The van der Waals surface area contributed by atoms with Gasteiger partial charge in [0, 0.05) is 10.9 Å². The van der Waals surface area contributed by atoms with Gasteiger partial charge in [-0.3, -0.25) is 0 Å². The predicted octanol–water partition coefficient (Wildman–Crippen LogP) is 1.72. The van der Waals surface area contributed by atoms with E-state index in [1.807, 2.05) is 19.9 Å². The molecule has 1 heterocycles. The van der Waals surface area contributed by atoms with E-state index in [0.29, 0.717) is 10.8 Å². The molecule has 1 aromatic heterocycles. The summed E-state index contributed by atoms with van der Waals surface area (Å²) in [6.07, 6.45) is 2.54. The fraction of sp³-hybridized carbons (Fsp3) is 0.636. The maximum Gasteiger partial charge on any atom is 0.250 e. The zero-order chi connectivity index (χ0) is 12.9. The summed E-state index contributed by atoms with van der Waals surface area (Å²) in [5.74, 6) is 0. The second-order valence-corrected chi connectivity index (χ2v) is 7.18. The molecule has 1 rings (SSSR count). The molecular formula is C11H20N2O2S2. The van der Waals surface area contributed by atoms with Crippen molar-refractivity contribution in [3.05, 3.63) is 17.0 Å². The van der Waals surface area contributed by atoms with Gasteiger partial charge in [-0.1, -0.05) is 13.3 Å². The number of nitrogens with two attached hydrogens (primary N) is 1. The molecule has 0 saturated carbocycles. The largest absolute Gasteiger partial charge is 0.330 e. The van der Waals surface area contributed by atoms with Crippen molar-refractivity contribution in [2.24, 2.45) is 5.73 Å². The number of rotatable bonds is 7. The van der Waals surface area contributed by atoms with Gasteiger partial charge in [-0.15, -0.1) is 11.3 Å². The molecule has 4 nitrogen and oxygen atoms in total. The molecule has 0 spiro atoms. The van der Waals surface area contributed by atoms with E-state index in [9.17, 15) is 8.42 Å². The van der Waals surface area contributed by atoms with Crippen molar-refractivity contribution in [2.45, 2.75) is 43.4 Å². The highest BCUT2D eigenvalue weighted by Gasteiger charge is 2.18. The van der Waals surface area contributed by atoms with Gasteiger partial charge in [0.2, 0.25) is 10.0 Å². The van der Waals surface area contributed by atoms with E-state index in [0.717, 1.165) is 24.1 Å². The summed E-state index contributed by atoms with van der Waals surface area (Å²) in [6.45, 7) is 4.46. The summed E-state index contributed by atoms with van der Waals surface area (Å²) in [5.41, 5.74) is 5.44. The lowest BCUT2D eigenvalue weighted by Crippen LogP contribution is -2.31. The third kappa shape index (κ3) is 4.39. The third-order valence-electron chi connectivity index (χ3n) is 2.37. The molecule has 0 saturated heterocycles. The standard InChI is InChI=1S/C11H20N2O2S2/c1-3-4-9(2)13-17(14,15)11-6-5-10(16-11)7-8-12/h5-6,9,13H,3-4,7-8,12H2,1-2H3. The van der Waals surface area contributed by atoms with Crippen LogP contribution < -0.4 is 10.5 Å². The maximum absolute atomic E-state index is 12.0. The summed E-state index contributed by atoms with van der Waals surface area (Å²) < 4.78 is 27.1. The molecular weight excluding hydrogens is 256 g/mol. The van der Waals surface area contributed by atoms with E-state index in [4.69, 9.17) is 5.73 Å². The Labute approximate surface area is 107 Å². The fourth-order valence-electron chi connectivity index (χ4n) is 1.59. The van der Waals surface area contributed by atoms with Gasteiger partial charge in [-0.05, 0) is 38.4 Å². The second-order valence-electron chi connectivity index (χ2n) is 4.07. The Morgan fingerprint density at radius 2 is 2.18 bits per heavy atom. The highest BCUT2D eigenvalue weighted by atomic mass is 32.2. The molecule has 0 aromatic carbocycles. The van der Waals surface area contributed by atoms with Gasteiger partial charge in [0.15, 0.2) is 0 Å². The Hall–Kier alpha value is -0.430.